The van der Waals surface area contributed by atoms with Crippen LogP contribution >= 0.6 is 0 Å². The summed E-state index contributed by atoms with van der Waals surface area (Å²) in [5.74, 6) is 0.757. The van der Waals surface area contributed by atoms with Crippen LogP contribution in [0.1, 0.15) is 69.1 Å². The third-order valence-corrected chi connectivity index (χ3v) is 6.50. The van der Waals surface area contributed by atoms with Gasteiger partial charge in [-0.3, -0.25) is 9.78 Å². The lowest BCUT2D eigenvalue weighted by atomic mass is 9.83. The van der Waals surface area contributed by atoms with E-state index in [0.29, 0.717) is 44.7 Å². The van der Waals surface area contributed by atoms with E-state index in [1.165, 1.54) is 0 Å². The van der Waals surface area contributed by atoms with E-state index in [1.54, 1.807) is 22.1 Å². The van der Waals surface area contributed by atoms with Crippen molar-refractivity contribution in [2.24, 2.45) is 0 Å². The van der Waals surface area contributed by atoms with E-state index in [-0.39, 0.29) is 12.0 Å². The van der Waals surface area contributed by atoms with E-state index >= 15 is 0 Å². The van der Waals surface area contributed by atoms with E-state index in [9.17, 15) is 9.59 Å². The van der Waals surface area contributed by atoms with Gasteiger partial charge in [0.2, 0.25) is 0 Å². The monoisotopic (exact) mass is 477 g/mol. The van der Waals surface area contributed by atoms with E-state index in [0.717, 1.165) is 22.4 Å². The number of ether oxygens (including phenoxy) is 2. The Morgan fingerprint density at radius 3 is 2.37 bits per heavy atom. The SMILES string of the molecule is CCN(CC)C(=O)c1ccc(C2=CC3(CCN(C(=O)OC(C)(C)C)CC3)Oc3ccccc32)cn1. The standard InChI is InChI=1S/C28H35N3O4/c1-6-30(7-2)25(32)23-13-12-20(19-29-23)22-18-28(34-24-11-9-8-10-21(22)24)14-16-31(17-15-28)26(33)35-27(3,4)5/h8-13,18-19H,6-7,14-17H2,1-5H3. The molecule has 0 bridgehead atoms. The van der Waals surface area contributed by atoms with Gasteiger partial charge < -0.3 is 19.3 Å². The van der Waals surface area contributed by atoms with Gasteiger partial charge in [0.05, 0.1) is 0 Å². The number of benzene rings is 1. The first-order valence-corrected chi connectivity index (χ1v) is 12.4. The van der Waals surface area contributed by atoms with Gasteiger partial charge in [-0.1, -0.05) is 24.3 Å². The quantitative estimate of drug-likeness (QED) is 0.608. The minimum Gasteiger partial charge on any atom is -0.482 e. The number of carbonyl (C=O) groups is 2. The van der Waals surface area contributed by atoms with Gasteiger partial charge in [-0.2, -0.15) is 0 Å². The van der Waals surface area contributed by atoms with Gasteiger partial charge in [0.1, 0.15) is 22.6 Å². The highest BCUT2D eigenvalue weighted by Gasteiger charge is 2.40. The number of amides is 2. The van der Waals surface area contributed by atoms with Gasteiger partial charge in [-0.25, -0.2) is 4.79 Å². The molecule has 0 atom stereocenters. The van der Waals surface area contributed by atoms with E-state index < -0.39 is 11.2 Å². The molecule has 2 amide bonds. The van der Waals surface area contributed by atoms with Crippen LogP contribution in [0.25, 0.3) is 5.57 Å². The first kappa shape index (κ1) is 24.8. The fraction of sp³-hybridized carbons (Fsp3) is 0.464. The molecule has 1 aromatic heterocycles. The van der Waals surface area contributed by atoms with Crippen molar-refractivity contribution in [3.8, 4) is 5.75 Å². The second-order valence-electron chi connectivity index (χ2n) is 10.1. The van der Waals surface area contributed by atoms with Crippen molar-refractivity contribution in [1.82, 2.24) is 14.8 Å². The molecule has 4 rings (SSSR count). The third kappa shape index (κ3) is 5.34. The highest BCUT2D eigenvalue weighted by Crippen LogP contribution is 2.43. The molecule has 7 nitrogen and oxygen atoms in total. The van der Waals surface area contributed by atoms with Crippen LogP contribution in [0.4, 0.5) is 4.79 Å². The summed E-state index contributed by atoms with van der Waals surface area (Å²) in [4.78, 5) is 33.3. The van der Waals surface area contributed by atoms with Gasteiger partial charge in [0, 0.05) is 56.3 Å². The molecule has 0 unspecified atom stereocenters. The first-order chi connectivity index (χ1) is 16.6. The summed E-state index contributed by atoms with van der Waals surface area (Å²) in [6.07, 6.45) is 4.98. The zero-order chi connectivity index (χ0) is 25.2. The molecule has 2 aromatic rings. The van der Waals surface area contributed by atoms with Crippen molar-refractivity contribution >= 4 is 17.6 Å². The number of para-hydroxylation sites is 1. The van der Waals surface area contributed by atoms with Gasteiger partial charge in [-0.05, 0) is 58.4 Å². The van der Waals surface area contributed by atoms with Crippen molar-refractivity contribution < 1.29 is 19.1 Å². The van der Waals surface area contributed by atoms with E-state index in [1.807, 2.05) is 65.0 Å². The maximum atomic E-state index is 12.7. The number of hydrogen-bond acceptors (Lipinski definition) is 5. The number of fused-ring (bicyclic) bond motifs is 1. The molecular formula is C28H35N3O4. The number of hydrogen-bond donors (Lipinski definition) is 0. The molecule has 0 N–H and O–H groups in total. The van der Waals surface area contributed by atoms with Crippen molar-refractivity contribution in [1.29, 1.82) is 0 Å². The van der Waals surface area contributed by atoms with Crippen molar-refractivity contribution in [3.63, 3.8) is 0 Å². The molecule has 3 heterocycles. The predicted octanol–water partition coefficient (Wildman–Crippen LogP) is 5.16. The minimum absolute atomic E-state index is 0.0612. The molecular weight excluding hydrogens is 442 g/mol. The maximum Gasteiger partial charge on any atom is 0.410 e. The number of rotatable bonds is 4. The summed E-state index contributed by atoms with van der Waals surface area (Å²) in [5.41, 5.74) is 2.37. The van der Waals surface area contributed by atoms with Crippen LogP contribution < -0.4 is 4.74 Å². The Hall–Kier alpha value is -3.35. The smallest absolute Gasteiger partial charge is 0.410 e. The average molecular weight is 478 g/mol. The van der Waals surface area contributed by atoms with Crippen LogP contribution in [-0.2, 0) is 4.74 Å². The minimum atomic E-state index is -0.522. The number of nitrogens with zero attached hydrogens (tertiary/aromatic N) is 3. The molecule has 0 saturated carbocycles. The summed E-state index contributed by atoms with van der Waals surface area (Å²) >= 11 is 0. The van der Waals surface area contributed by atoms with Gasteiger partial charge >= 0.3 is 6.09 Å². The third-order valence-electron chi connectivity index (χ3n) is 6.50. The molecule has 1 aromatic carbocycles. The maximum absolute atomic E-state index is 12.7. The zero-order valence-corrected chi connectivity index (χ0v) is 21.3. The highest BCUT2D eigenvalue weighted by atomic mass is 16.6. The number of likely N-dealkylation sites (tertiary alicyclic amines) is 1. The van der Waals surface area contributed by atoms with Gasteiger partial charge in [0.15, 0.2) is 0 Å². The predicted molar refractivity (Wildman–Crippen MR) is 135 cm³/mol. The molecule has 0 aliphatic carbocycles. The molecule has 2 aliphatic heterocycles. The molecule has 1 saturated heterocycles. The fourth-order valence-electron chi connectivity index (χ4n) is 4.60. The van der Waals surface area contributed by atoms with E-state index in [2.05, 4.69) is 11.1 Å². The molecule has 7 heteroatoms. The number of aromatic nitrogens is 1. The Balaban J connectivity index is 1.60. The van der Waals surface area contributed by atoms with Crippen LogP contribution in [0.2, 0.25) is 0 Å². The number of piperidine rings is 1. The Morgan fingerprint density at radius 1 is 1.09 bits per heavy atom. The highest BCUT2D eigenvalue weighted by molar-refractivity contribution is 5.93. The number of carbonyl (C=O) groups excluding carboxylic acids is 2. The first-order valence-electron chi connectivity index (χ1n) is 12.4. The molecule has 35 heavy (non-hydrogen) atoms. The summed E-state index contributed by atoms with van der Waals surface area (Å²) < 4.78 is 12.1. The number of pyridine rings is 1. The summed E-state index contributed by atoms with van der Waals surface area (Å²) in [6, 6.07) is 11.7. The fourth-order valence-corrected chi connectivity index (χ4v) is 4.60. The lowest BCUT2D eigenvalue weighted by Crippen LogP contribution is -2.50. The van der Waals surface area contributed by atoms with Crippen molar-refractivity contribution in [2.45, 2.75) is 58.7 Å². The normalized spacial score (nSPS) is 16.7. The summed E-state index contributed by atoms with van der Waals surface area (Å²) in [5, 5.41) is 0. The largest absolute Gasteiger partial charge is 0.482 e. The second-order valence-corrected chi connectivity index (χ2v) is 10.1. The Labute approximate surface area is 207 Å². The molecule has 0 radical (unpaired) electrons. The lowest BCUT2D eigenvalue weighted by molar-refractivity contribution is -0.00117. The zero-order valence-electron chi connectivity index (χ0n) is 21.3. The van der Waals surface area contributed by atoms with Crippen LogP contribution in [0.15, 0.2) is 48.7 Å². The molecule has 2 aliphatic rings. The summed E-state index contributed by atoms with van der Waals surface area (Å²) in [6.45, 7) is 12.0. The van der Waals surface area contributed by atoms with Crippen LogP contribution in [-0.4, -0.2) is 64.2 Å². The molecule has 186 valence electrons. The van der Waals surface area contributed by atoms with Crippen LogP contribution in [0.5, 0.6) is 5.75 Å². The van der Waals surface area contributed by atoms with Crippen LogP contribution in [0, 0.1) is 0 Å². The van der Waals surface area contributed by atoms with Crippen molar-refractivity contribution in [3.05, 3.63) is 65.5 Å². The Morgan fingerprint density at radius 2 is 1.77 bits per heavy atom. The molecule has 1 fully saturated rings. The van der Waals surface area contributed by atoms with Gasteiger partial charge in [-0.15, -0.1) is 0 Å². The Bertz CT molecular complexity index is 1110. The topological polar surface area (TPSA) is 72.0 Å². The van der Waals surface area contributed by atoms with E-state index in [4.69, 9.17) is 9.47 Å². The van der Waals surface area contributed by atoms with Crippen molar-refractivity contribution in [2.75, 3.05) is 26.2 Å². The second kappa shape index (κ2) is 9.72. The average Bonchev–Trinajstić information content (AvgIpc) is 2.83. The lowest BCUT2D eigenvalue weighted by Gasteiger charge is -2.43. The van der Waals surface area contributed by atoms with Crippen LogP contribution in [0.3, 0.4) is 0 Å². The molecule has 1 spiro atoms. The Kier molecular flexibility index (Phi) is 6.88. The van der Waals surface area contributed by atoms with Gasteiger partial charge in [0.25, 0.3) is 5.91 Å². The summed E-state index contributed by atoms with van der Waals surface area (Å²) in [7, 11) is 0.